The molecule has 1 rings (SSSR count). The van der Waals surface area contributed by atoms with E-state index in [0.717, 1.165) is 6.42 Å². The molecule has 0 aliphatic rings. The Kier molecular flexibility index (Phi) is 4.76. The van der Waals surface area contributed by atoms with Crippen LogP contribution in [0.4, 0.5) is 5.69 Å². The zero-order valence-corrected chi connectivity index (χ0v) is 10.1. The lowest BCUT2D eigenvalue weighted by atomic mass is 10.0. The van der Waals surface area contributed by atoms with Gasteiger partial charge in [-0.15, -0.1) is 0 Å². The Labute approximate surface area is 98.8 Å². The van der Waals surface area contributed by atoms with Crippen molar-refractivity contribution < 1.29 is 5.11 Å². The van der Waals surface area contributed by atoms with Crippen molar-refractivity contribution in [2.75, 3.05) is 11.9 Å². The summed E-state index contributed by atoms with van der Waals surface area (Å²) in [5, 5.41) is 18.1. The molecular formula is C10H16ClN3O2. The molecule has 0 amide bonds. The molecule has 0 saturated carbocycles. The number of aliphatic hydroxyl groups is 1. The Morgan fingerprint density at radius 1 is 1.62 bits per heavy atom. The average Bonchev–Trinajstić information content (AvgIpc) is 2.23. The van der Waals surface area contributed by atoms with E-state index in [1.807, 2.05) is 0 Å². The highest BCUT2D eigenvalue weighted by molar-refractivity contribution is 6.32. The van der Waals surface area contributed by atoms with Gasteiger partial charge in [0.15, 0.2) is 0 Å². The molecule has 1 aromatic heterocycles. The average molecular weight is 246 g/mol. The summed E-state index contributed by atoms with van der Waals surface area (Å²) < 4.78 is 0. The van der Waals surface area contributed by atoms with Crippen molar-refractivity contribution in [1.29, 1.82) is 0 Å². The van der Waals surface area contributed by atoms with E-state index in [4.69, 9.17) is 11.6 Å². The molecule has 90 valence electrons. The van der Waals surface area contributed by atoms with Gasteiger partial charge in [0.25, 0.3) is 5.56 Å². The lowest BCUT2D eigenvalue weighted by Gasteiger charge is -2.19. The summed E-state index contributed by atoms with van der Waals surface area (Å²) in [7, 11) is 0. The predicted octanol–water partition coefficient (Wildman–Crippen LogP) is 1.24. The number of H-pyrrole nitrogens is 1. The van der Waals surface area contributed by atoms with E-state index in [1.54, 1.807) is 0 Å². The third kappa shape index (κ3) is 3.50. The first-order valence-electron chi connectivity index (χ1n) is 5.15. The largest absolute Gasteiger partial charge is 0.394 e. The minimum atomic E-state index is -0.437. The van der Waals surface area contributed by atoms with E-state index in [2.05, 4.69) is 29.4 Å². The van der Waals surface area contributed by atoms with E-state index >= 15 is 0 Å². The molecule has 1 aromatic rings. The number of hydrogen-bond donors (Lipinski definition) is 3. The predicted molar refractivity (Wildman–Crippen MR) is 63.8 cm³/mol. The smallest absolute Gasteiger partial charge is 0.285 e. The highest BCUT2D eigenvalue weighted by atomic mass is 35.5. The van der Waals surface area contributed by atoms with Gasteiger partial charge in [0.1, 0.15) is 5.02 Å². The van der Waals surface area contributed by atoms with Gasteiger partial charge in [0.05, 0.1) is 18.5 Å². The summed E-state index contributed by atoms with van der Waals surface area (Å²) >= 11 is 5.80. The first-order valence-corrected chi connectivity index (χ1v) is 5.53. The molecule has 6 heteroatoms. The normalized spacial score (nSPS) is 12.8. The van der Waals surface area contributed by atoms with Crippen molar-refractivity contribution >= 4 is 17.3 Å². The first-order chi connectivity index (χ1) is 7.54. The zero-order valence-electron chi connectivity index (χ0n) is 9.33. The summed E-state index contributed by atoms with van der Waals surface area (Å²) in [6, 6.07) is -0.124. The quantitative estimate of drug-likeness (QED) is 0.730. The minimum Gasteiger partial charge on any atom is -0.394 e. The van der Waals surface area contributed by atoms with Crippen LogP contribution < -0.4 is 10.9 Å². The number of aromatic nitrogens is 2. The number of nitrogens with zero attached hydrogens (tertiary/aromatic N) is 1. The van der Waals surface area contributed by atoms with Crippen LogP contribution in [0.25, 0.3) is 0 Å². The third-order valence-electron chi connectivity index (χ3n) is 2.13. The molecular weight excluding hydrogens is 230 g/mol. The van der Waals surface area contributed by atoms with Crippen LogP contribution in [-0.2, 0) is 0 Å². The summed E-state index contributed by atoms with van der Waals surface area (Å²) in [5.74, 6) is 0.443. The topological polar surface area (TPSA) is 78.0 Å². The molecule has 1 atom stereocenters. The molecule has 0 spiro atoms. The molecule has 0 radical (unpaired) electrons. The molecule has 0 aromatic carbocycles. The molecule has 5 nitrogen and oxygen atoms in total. The maximum Gasteiger partial charge on any atom is 0.285 e. The lowest BCUT2D eigenvalue weighted by Crippen LogP contribution is -2.27. The number of rotatable bonds is 5. The molecule has 1 unspecified atom stereocenters. The summed E-state index contributed by atoms with van der Waals surface area (Å²) in [6.45, 7) is 4.10. The highest BCUT2D eigenvalue weighted by Gasteiger charge is 2.12. The number of halogens is 1. The van der Waals surface area contributed by atoms with E-state index in [0.29, 0.717) is 11.6 Å². The van der Waals surface area contributed by atoms with Crippen LogP contribution in [0, 0.1) is 5.92 Å². The third-order valence-corrected chi connectivity index (χ3v) is 2.51. The van der Waals surface area contributed by atoms with E-state index in [1.165, 1.54) is 6.20 Å². The van der Waals surface area contributed by atoms with Gasteiger partial charge in [-0.2, -0.15) is 5.10 Å². The summed E-state index contributed by atoms with van der Waals surface area (Å²) in [5.41, 5.74) is 0.0121. The molecule has 0 aliphatic heterocycles. The number of aliphatic hydroxyl groups excluding tert-OH is 1. The van der Waals surface area contributed by atoms with E-state index < -0.39 is 5.56 Å². The van der Waals surface area contributed by atoms with Crippen LogP contribution in [-0.4, -0.2) is 28.0 Å². The second kappa shape index (κ2) is 5.86. The maximum absolute atomic E-state index is 11.2. The van der Waals surface area contributed by atoms with Crippen molar-refractivity contribution in [1.82, 2.24) is 10.2 Å². The van der Waals surface area contributed by atoms with Crippen LogP contribution in [0.15, 0.2) is 11.0 Å². The van der Waals surface area contributed by atoms with Crippen LogP contribution >= 0.6 is 11.6 Å². The van der Waals surface area contributed by atoms with Gasteiger partial charge >= 0.3 is 0 Å². The molecule has 16 heavy (non-hydrogen) atoms. The van der Waals surface area contributed by atoms with Crippen LogP contribution in [0.2, 0.25) is 5.02 Å². The van der Waals surface area contributed by atoms with Gasteiger partial charge in [-0.05, 0) is 12.3 Å². The number of anilines is 1. The fourth-order valence-electron chi connectivity index (χ4n) is 1.45. The first kappa shape index (κ1) is 13.0. The van der Waals surface area contributed by atoms with Gasteiger partial charge in [0, 0.05) is 6.04 Å². The summed E-state index contributed by atoms with van der Waals surface area (Å²) in [4.78, 5) is 11.2. The highest BCUT2D eigenvalue weighted by Crippen LogP contribution is 2.17. The molecule has 0 aliphatic carbocycles. The number of nitrogens with one attached hydrogen (secondary N) is 2. The Morgan fingerprint density at radius 2 is 2.31 bits per heavy atom. The van der Waals surface area contributed by atoms with Crippen LogP contribution in [0.3, 0.4) is 0 Å². The molecule has 0 bridgehead atoms. The van der Waals surface area contributed by atoms with Crippen molar-refractivity contribution in [3.05, 3.63) is 21.6 Å². The molecule has 3 N–H and O–H groups in total. The van der Waals surface area contributed by atoms with Crippen molar-refractivity contribution in [2.45, 2.75) is 26.3 Å². The zero-order chi connectivity index (χ0) is 12.1. The van der Waals surface area contributed by atoms with E-state index in [-0.39, 0.29) is 17.7 Å². The Hall–Kier alpha value is -1.07. The standard InChI is InChI=1S/C10H16ClN3O2/c1-6(2)3-7(5-15)13-8-4-12-14-10(16)9(8)11/h4,6-7,15H,3,5H2,1-2H3,(H2,13,14,16). The van der Waals surface area contributed by atoms with Crippen molar-refractivity contribution in [3.63, 3.8) is 0 Å². The number of hydrogen-bond acceptors (Lipinski definition) is 4. The second-order valence-corrected chi connectivity index (χ2v) is 4.46. The van der Waals surface area contributed by atoms with Crippen LogP contribution in [0.5, 0.6) is 0 Å². The van der Waals surface area contributed by atoms with Crippen molar-refractivity contribution in [2.24, 2.45) is 5.92 Å². The van der Waals surface area contributed by atoms with Gasteiger partial charge in [-0.25, -0.2) is 5.10 Å². The van der Waals surface area contributed by atoms with Gasteiger partial charge < -0.3 is 10.4 Å². The Balaban J connectivity index is 2.78. The minimum absolute atomic E-state index is 0.0126. The van der Waals surface area contributed by atoms with Crippen molar-refractivity contribution in [3.8, 4) is 0 Å². The van der Waals surface area contributed by atoms with Gasteiger partial charge in [-0.3, -0.25) is 4.79 Å². The fourth-order valence-corrected chi connectivity index (χ4v) is 1.60. The summed E-state index contributed by atoms with van der Waals surface area (Å²) in [6.07, 6.45) is 2.23. The maximum atomic E-state index is 11.2. The Bertz CT molecular complexity index is 392. The van der Waals surface area contributed by atoms with Gasteiger partial charge in [0.2, 0.25) is 0 Å². The molecule has 0 fully saturated rings. The fraction of sp³-hybridized carbons (Fsp3) is 0.600. The second-order valence-electron chi connectivity index (χ2n) is 4.08. The number of aromatic amines is 1. The molecule has 1 heterocycles. The monoisotopic (exact) mass is 245 g/mol. The van der Waals surface area contributed by atoms with E-state index in [9.17, 15) is 9.90 Å². The van der Waals surface area contributed by atoms with Gasteiger partial charge in [-0.1, -0.05) is 25.4 Å². The Morgan fingerprint density at radius 3 is 2.88 bits per heavy atom. The van der Waals surface area contributed by atoms with Crippen LogP contribution in [0.1, 0.15) is 20.3 Å². The SMILES string of the molecule is CC(C)CC(CO)Nc1cn[nH]c(=O)c1Cl. The lowest BCUT2D eigenvalue weighted by molar-refractivity contribution is 0.259. The molecule has 0 saturated heterocycles.